The number of esters is 1. The van der Waals surface area contributed by atoms with Crippen molar-refractivity contribution in [2.75, 3.05) is 19.0 Å². The van der Waals surface area contributed by atoms with Crippen molar-refractivity contribution in [3.63, 3.8) is 0 Å². The third kappa shape index (κ3) is 7.48. The molecule has 0 aliphatic carbocycles. The fourth-order valence-corrected chi connectivity index (χ4v) is 4.80. The number of rotatable bonds is 10. The number of nitrogens with zero attached hydrogens (tertiary/aromatic N) is 3. The molecule has 3 N–H and O–H groups in total. The highest BCUT2D eigenvalue weighted by Gasteiger charge is 2.25. The Labute approximate surface area is 275 Å². The summed E-state index contributed by atoms with van der Waals surface area (Å²) in [6, 6.07) is 19.6. The molecule has 2 heterocycles. The van der Waals surface area contributed by atoms with Gasteiger partial charge in [-0.1, -0.05) is 18.2 Å². The predicted octanol–water partition coefficient (Wildman–Crippen LogP) is 5.42. The van der Waals surface area contributed by atoms with E-state index in [4.69, 9.17) is 19.9 Å². The van der Waals surface area contributed by atoms with Gasteiger partial charge in [0.1, 0.15) is 23.2 Å². The van der Waals surface area contributed by atoms with E-state index < -0.39 is 29.4 Å². The van der Waals surface area contributed by atoms with Crippen molar-refractivity contribution in [1.29, 1.82) is 0 Å². The molecule has 5 rings (SSSR count). The normalized spacial score (nSPS) is 11.2. The molecule has 46 heavy (non-hydrogen) atoms. The maximum atomic E-state index is 15.2. The van der Waals surface area contributed by atoms with Gasteiger partial charge in [0.05, 0.1) is 37.1 Å². The third-order valence-corrected chi connectivity index (χ3v) is 6.87. The zero-order valence-corrected chi connectivity index (χ0v) is 26.7. The Balaban J connectivity index is 0.00000288. The quantitative estimate of drug-likeness (QED) is 0.188. The van der Waals surface area contributed by atoms with Gasteiger partial charge in [0, 0.05) is 29.4 Å². The molecule has 1 amide bonds. The summed E-state index contributed by atoms with van der Waals surface area (Å²) in [6.45, 7) is 3.05. The number of hydrogen-bond acceptors (Lipinski definition) is 8. The van der Waals surface area contributed by atoms with E-state index in [0.29, 0.717) is 33.8 Å². The van der Waals surface area contributed by atoms with Gasteiger partial charge in [0.25, 0.3) is 11.5 Å². The van der Waals surface area contributed by atoms with Crippen molar-refractivity contribution in [1.82, 2.24) is 14.3 Å². The van der Waals surface area contributed by atoms with Gasteiger partial charge < -0.3 is 25.3 Å². The fourth-order valence-electron chi connectivity index (χ4n) is 4.80. The molecular weight excluding hydrogens is 640 g/mol. The van der Waals surface area contributed by atoms with Crippen LogP contribution in [0.2, 0.25) is 0 Å². The molecule has 14 heteroatoms. The minimum Gasteiger partial charge on any atom is -0.497 e. The van der Waals surface area contributed by atoms with Crippen LogP contribution in [0.3, 0.4) is 0 Å². The largest absolute Gasteiger partial charge is 0.497 e. The summed E-state index contributed by atoms with van der Waals surface area (Å²) < 4.78 is 34.5. The van der Waals surface area contributed by atoms with Gasteiger partial charge in [-0.2, -0.15) is 0 Å². The van der Waals surface area contributed by atoms with E-state index in [1.165, 1.54) is 16.8 Å². The molecule has 1 atom stereocenters. The Bertz CT molecular complexity index is 1920. The summed E-state index contributed by atoms with van der Waals surface area (Å²) in [4.78, 5) is 43.1. The monoisotopic (exact) mass is 671 g/mol. The topological polar surface area (TPSA) is 140 Å². The van der Waals surface area contributed by atoms with Crippen LogP contribution in [0.5, 0.6) is 17.2 Å². The van der Waals surface area contributed by atoms with Gasteiger partial charge >= 0.3 is 5.97 Å². The van der Waals surface area contributed by atoms with Crippen LogP contribution in [0.15, 0.2) is 83.8 Å². The van der Waals surface area contributed by atoms with Crippen LogP contribution in [-0.4, -0.2) is 46.0 Å². The van der Waals surface area contributed by atoms with Gasteiger partial charge in [-0.15, -0.1) is 24.8 Å². The number of ether oxygens (including phenoxy) is 3. The highest BCUT2D eigenvalue weighted by Crippen LogP contribution is 2.33. The predicted molar refractivity (Wildman–Crippen MR) is 177 cm³/mol. The van der Waals surface area contributed by atoms with Crippen molar-refractivity contribution in [3.05, 3.63) is 106 Å². The average Bonchev–Trinajstić information content (AvgIpc) is 3.26. The number of fused-ring (bicyclic) bond motifs is 1. The van der Waals surface area contributed by atoms with Crippen molar-refractivity contribution >= 4 is 53.3 Å². The molecule has 2 aromatic heterocycles. The number of nitrogens with two attached hydrogens (primary N) is 1. The second-order valence-electron chi connectivity index (χ2n) is 9.89. The minimum atomic E-state index is -0.732. The molecule has 0 saturated carbocycles. The number of aromatic nitrogens is 3. The SMILES string of the molecule is COc1ccc2c(Oc3ccc(NC(=O)c4c(C)n(C[C@@H](C)OC(=O)CN)n(-c5ccccc5)c4=O)cc3F)ccnc2c1.Cl.Cl. The Morgan fingerprint density at radius 3 is 2.43 bits per heavy atom. The second-order valence-corrected chi connectivity index (χ2v) is 9.89. The smallest absolute Gasteiger partial charge is 0.320 e. The van der Waals surface area contributed by atoms with Crippen LogP contribution in [0.25, 0.3) is 16.6 Å². The lowest BCUT2D eigenvalue weighted by molar-refractivity contribution is -0.147. The summed E-state index contributed by atoms with van der Waals surface area (Å²) in [5.74, 6) is -1.11. The molecule has 0 bridgehead atoms. The van der Waals surface area contributed by atoms with E-state index in [1.807, 2.05) is 0 Å². The Kier molecular flexibility index (Phi) is 11.9. The van der Waals surface area contributed by atoms with E-state index in [0.717, 1.165) is 6.07 Å². The summed E-state index contributed by atoms with van der Waals surface area (Å²) >= 11 is 0. The van der Waals surface area contributed by atoms with Gasteiger partial charge in [0.2, 0.25) is 0 Å². The van der Waals surface area contributed by atoms with E-state index in [-0.39, 0.29) is 54.9 Å². The summed E-state index contributed by atoms with van der Waals surface area (Å²) in [5, 5.41) is 3.27. The van der Waals surface area contributed by atoms with Gasteiger partial charge in [-0.25, -0.2) is 9.07 Å². The lowest BCUT2D eigenvalue weighted by atomic mass is 10.2. The number of pyridine rings is 1. The van der Waals surface area contributed by atoms with Gasteiger partial charge in [-0.3, -0.25) is 24.0 Å². The number of methoxy groups -OCH3 is 1. The van der Waals surface area contributed by atoms with E-state index in [1.54, 1.807) is 86.4 Å². The number of benzene rings is 3. The number of halogens is 3. The molecule has 242 valence electrons. The Hall–Kier alpha value is -4.91. The Morgan fingerprint density at radius 2 is 1.76 bits per heavy atom. The van der Waals surface area contributed by atoms with Crippen LogP contribution in [-0.2, 0) is 16.1 Å². The number of hydrogen-bond donors (Lipinski definition) is 2. The zero-order chi connectivity index (χ0) is 31.4. The van der Waals surface area contributed by atoms with Gasteiger partial charge in [-0.05, 0) is 56.3 Å². The fraction of sp³-hybridized carbons (Fsp3) is 0.188. The number of anilines is 1. The molecule has 11 nitrogen and oxygen atoms in total. The van der Waals surface area contributed by atoms with Crippen LogP contribution in [0.1, 0.15) is 23.0 Å². The highest BCUT2D eigenvalue weighted by molar-refractivity contribution is 6.05. The molecule has 0 radical (unpaired) electrons. The van der Waals surface area contributed by atoms with Gasteiger partial charge in [0.15, 0.2) is 11.6 Å². The molecule has 0 aliphatic heterocycles. The number of carbonyl (C=O) groups is 2. The molecular formula is C32H32Cl2FN5O6. The Morgan fingerprint density at radius 1 is 1.02 bits per heavy atom. The average molecular weight is 673 g/mol. The highest BCUT2D eigenvalue weighted by atomic mass is 35.5. The second kappa shape index (κ2) is 15.4. The molecule has 0 aliphatic rings. The standard InChI is InChI=1S/C32H30FN5O6.2ClH/c1-19(43-29(39)17-34)18-37-20(2)30(32(41)38(37)22-7-5-4-6-8-22)31(40)36-21-9-12-28(25(33)15-21)44-27-13-14-35-26-16-23(42-3)10-11-24(26)27;;/h4-16,19H,17-18,34H2,1-3H3,(H,36,40);2*1H/t19-;;/m1../s1. The molecule has 0 unspecified atom stereocenters. The maximum absolute atomic E-state index is 15.2. The molecule has 5 aromatic rings. The molecule has 0 fully saturated rings. The molecule has 0 saturated heterocycles. The number of carbonyl (C=O) groups excluding carboxylic acids is 2. The minimum absolute atomic E-state index is 0. The van der Waals surface area contributed by atoms with Crippen molar-refractivity contribution in [2.24, 2.45) is 5.73 Å². The third-order valence-electron chi connectivity index (χ3n) is 6.87. The first-order valence-corrected chi connectivity index (χ1v) is 13.7. The maximum Gasteiger partial charge on any atom is 0.320 e. The first-order chi connectivity index (χ1) is 21.2. The van der Waals surface area contributed by atoms with Crippen molar-refractivity contribution in [2.45, 2.75) is 26.5 Å². The molecule has 3 aromatic carbocycles. The molecule has 0 spiro atoms. The summed E-state index contributed by atoms with van der Waals surface area (Å²) in [6.07, 6.45) is 0.895. The van der Waals surface area contributed by atoms with Crippen LogP contribution < -0.4 is 26.1 Å². The van der Waals surface area contributed by atoms with Crippen LogP contribution in [0.4, 0.5) is 10.1 Å². The zero-order valence-electron chi connectivity index (χ0n) is 25.1. The first-order valence-electron chi connectivity index (χ1n) is 13.7. The van der Waals surface area contributed by atoms with E-state index >= 15 is 4.39 Å². The lowest BCUT2D eigenvalue weighted by Crippen LogP contribution is -2.30. The van der Waals surface area contributed by atoms with Crippen LogP contribution >= 0.6 is 24.8 Å². The van der Waals surface area contributed by atoms with E-state index in [9.17, 15) is 14.4 Å². The van der Waals surface area contributed by atoms with Crippen LogP contribution in [0, 0.1) is 12.7 Å². The lowest BCUT2D eigenvalue weighted by Gasteiger charge is -2.18. The summed E-state index contributed by atoms with van der Waals surface area (Å²) in [5.41, 5.74) is 6.19. The van der Waals surface area contributed by atoms with Crippen molar-refractivity contribution in [3.8, 4) is 22.9 Å². The van der Waals surface area contributed by atoms with Crippen molar-refractivity contribution < 1.29 is 28.2 Å². The number of amides is 1. The number of nitrogens with one attached hydrogen (secondary N) is 1. The summed E-state index contributed by atoms with van der Waals surface area (Å²) in [7, 11) is 1.55. The van der Waals surface area contributed by atoms with E-state index in [2.05, 4.69) is 10.3 Å². The first kappa shape index (κ1) is 35.6. The number of para-hydroxylation sites is 1.